The summed E-state index contributed by atoms with van der Waals surface area (Å²) in [7, 11) is 0. The van der Waals surface area contributed by atoms with E-state index in [0.717, 1.165) is 37.7 Å². The summed E-state index contributed by atoms with van der Waals surface area (Å²) in [5, 5.41) is 8.65. The van der Waals surface area contributed by atoms with E-state index in [1.165, 1.54) is 18.2 Å². The first-order valence-electron chi connectivity index (χ1n) is 11.4. The predicted octanol–water partition coefficient (Wildman–Crippen LogP) is 3.83. The van der Waals surface area contributed by atoms with E-state index in [1.54, 1.807) is 6.08 Å². The number of aromatic amines is 1. The van der Waals surface area contributed by atoms with Crippen LogP contribution in [-0.2, 0) is 9.59 Å². The SMILES string of the molecule is Cc1[nH]c(/C=C2\C(=O)Nc3ccc(F)cc32)c(C)c1C(=O)NCCCCCC(=O)NC1CC1. The molecule has 0 atom stereocenters. The lowest BCUT2D eigenvalue weighted by atomic mass is 10.0. The van der Waals surface area contributed by atoms with Crippen molar-refractivity contribution in [2.75, 3.05) is 11.9 Å². The molecule has 1 fully saturated rings. The number of hydrogen-bond donors (Lipinski definition) is 4. The van der Waals surface area contributed by atoms with E-state index in [0.29, 0.717) is 52.8 Å². The Kier molecular flexibility index (Phi) is 6.62. The standard InChI is InChI=1S/C25H29FN4O3/c1-14-21(13-19-18-12-16(26)7-10-20(18)30-24(19)32)28-15(2)23(14)25(33)27-11-5-3-4-6-22(31)29-17-8-9-17/h7,10,12-13,17,28H,3-6,8-9,11H2,1-2H3,(H,27,33)(H,29,31)(H,30,32)/b19-13-. The van der Waals surface area contributed by atoms with Gasteiger partial charge < -0.3 is 20.9 Å². The normalized spacial score (nSPS) is 16.0. The van der Waals surface area contributed by atoms with Crippen LogP contribution in [-0.4, -0.2) is 35.3 Å². The number of nitrogens with one attached hydrogen (secondary N) is 4. The Labute approximate surface area is 192 Å². The first-order chi connectivity index (χ1) is 15.8. The van der Waals surface area contributed by atoms with E-state index >= 15 is 0 Å². The molecule has 0 saturated heterocycles. The number of hydrogen-bond acceptors (Lipinski definition) is 3. The number of anilines is 1. The minimum absolute atomic E-state index is 0.114. The van der Waals surface area contributed by atoms with Crippen molar-refractivity contribution >= 4 is 35.1 Å². The van der Waals surface area contributed by atoms with Gasteiger partial charge in [0.25, 0.3) is 11.8 Å². The lowest BCUT2D eigenvalue weighted by Gasteiger charge is -2.07. The van der Waals surface area contributed by atoms with Crippen LogP contribution in [0.5, 0.6) is 0 Å². The summed E-state index contributed by atoms with van der Waals surface area (Å²) >= 11 is 0. The zero-order valence-corrected chi connectivity index (χ0v) is 18.9. The van der Waals surface area contributed by atoms with Crippen molar-refractivity contribution in [2.24, 2.45) is 0 Å². The summed E-state index contributed by atoms with van der Waals surface area (Å²) in [5.41, 5.74) is 4.04. The fraction of sp³-hybridized carbons (Fsp3) is 0.400. The zero-order valence-electron chi connectivity index (χ0n) is 18.9. The minimum Gasteiger partial charge on any atom is -0.358 e. The number of halogens is 1. The fourth-order valence-electron chi connectivity index (χ4n) is 4.11. The quantitative estimate of drug-likeness (QED) is 0.343. The second-order valence-corrected chi connectivity index (χ2v) is 8.77. The molecule has 1 aromatic carbocycles. The van der Waals surface area contributed by atoms with Gasteiger partial charge in [0.15, 0.2) is 0 Å². The van der Waals surface area contributed by atoms with Crippen molar-refractivity contribution in [3.8, 4) is 0 Å². The molecule has 1 saturated carbocycles. The number of unbranched alkanes of at least 4 members (excludes halogenated alkanes) is 2. The molecule has 0 bridgehead atoms. The molecule has 1 aliphatic heterocycles. The molecule has 2 aromatic rings. The number of carbonyl (C=O) groups is 3. The van der Waals surface area contributed by atoms with Gasteiger partial charge in [-0.05, 0) is 69.4 Å². The van der Waals surface area contributed by atoms with Crippen molar-refractivity contribution in [3.63, 3.8) is 0 Å². The Morgan fingerprint density at radius 1 is 1.18 bits per heavy atom. The third kappa shape index (κ3) is 5.32. The Hall–Kier alpha value is -3.42. The molecule has 4 rings (SSSR count). The van der Waals surface area contributed by atoms with Crippen molar-refractivity contribution in [3.05, 3.63) is 52.1 Å². The predicted molar refractivity (Wildman–Crippen MR) is 125 cm³/mol. The second-order valence-electron chi connectivity index (χ2n) is 8.77. The van der Waals surface area contributed by atoms with E-state index < -0.39 is 5.82 Å². The third-order valence-corrected chi connectivity index (χ3v) is 6.07. The first kappa shape index (κ1) is 22.8. The third-order valence-electron chi connectivity index (χ3n) is 6.07. The number of aromatic nitrogens is 1. The highest BCUT2D eigenvalue weighted by Gasteiger charge is 2.26. The monoisotopic (exact) mass is 452 g/mol. The molecule has 33 heavy (non-hydrogen) atoms. The number of aryl methyl sites for hydroxylation is 1. The fourth-order valence-corrected chi connectivity index (χ4v) is 4.11. The van der Waals surface area contributed by atoms with E-state index in [1.807, 2.05) is 13.8 Å². The summed E-state index contributed by atoms with van der Waals surface area (Å²) in [6.45, 7) is 4.16. The summed E-state index contributed by atoms with van der Waals surface area (Å²) in [6, 6.07) is 4.56. The molecule has 174 valence electrons. The van der Waals surface area contributed by atoms with Gasteiger partial charge in [-0.1, -0.05) is 6.42 Å². The van der Waals surface area contributed by atoms with Crippen LogP contribution in [0.25, 0.3) is 11.6 Å². The maximum atomic E-state index is 13.7. The van der Waals surface area contributed by atoms with Crippen LogP contribution in [0.4, 0.5) is 10.1 Å². The summed E-state index contributed by atoms with van der Waals surface area (Å²) < 4.78 is 13.7. The maximum Gasteiger partial charge on any atom is 0.256 e. The molecule has 0 spiro atoms. The molecule has 1 aromatic heterocycles. The average Bonchev–Trinajstić information content (AvgIpc) is 3.46. The molecule has 3 amide bonds. The van der Waals surface area contributed by atoms with Gasteiger partial charge in [0, 0.05) is 41.6 Å². The van der Waals surface area contributed by atoms with Gasteiger partial charge in [0.2, 0.25) is 5.91 Å². The summed E-state index contributed by atoms with van der Waals surface area (Å²) in [4.78, 5) is 40.0. The Balaban J connectivity index is 1.34. The van der Waals surface area contributed by atoms with Crippen LogP contribution in [0, 0.1) is 19.7 Å². The zero-order chi connectivity index (χ0) is 23.5. The van der Waals surface area contributed by atoms with E-state index in [-0.39, 0.29) is 17.7 Å². The molecule has 0 unspecified atom stereocenters. The van der Waals surface area contributed by atoms with Crippen LogP contribution in [0.15, 0.2) is 18.2 Å². The molecule has 2 aliphatic rings. The van der Waals surface area contributed by atoms with E-state index in [2.05, 4.69) is 20.9 Å². The molecular weight excluding hydrogens is 423 g/mol. The van der Waals surface area contributed by atoms with Crippen LogP contribution < -0.4 is 16.0 Å². The smallest absolute Gasteiger partial charge is 0.256 e. The van der Waals surface area contributed by atoms with E-state index in [4.69, 9.17) is 0 Å². The summed E-state index contributed by atoms with van der Waals surface area (Å²) in [5.74, 6) is -0.791. The van der Waals surface area contributed by atoms with Gasteiger partial charge in [0.1, 0.15) is 5.82 Å². The Bertz CT molecular complexity index is 1130. The minimum atomic E-state index is -0.417. The van der Waals surface area contributed by atoms with Crippen molar-refractivity contribution in [2.45, 2.75) is 58.4 Å². The van der Waals surface area contributed by atoms with Gasteiger partial charge in [-0.15, -0.1) is 0 Å². The highest BCUT2D eigenvalue weighted by Crippen LogP contribution is 2.34. The number of rotatable bonds is 9. The molecule has 7 nitrogen and oxygen atoms in total. The number of benzene rings is 1. The van der Waals surface area contributed by atoms with Crippen molar-refractivity contribution < 1.29 is 18.8 Å². The topological polar surface area (TPSA) is 103 Å². The highest BCUT2D eigenvalue weighted by molar-refractivity contribution is 6.34. The molecule has 4 N–H and O–H groups in total. The number of fused-ring (bicyclic) bond motifs is 1. The molecular formula is C25H29FN4O3. The van der Waals surface area contributed by atoms with Gasteiger partial charge in [-0.2, -0.15) is 0 Å². The van der Waals surface area contributed by atoms with Gasteiger partial charge in [-0.25, -0.2) is 4.39 Å². The maximum absolute atomic E-state index is 13.7. The highest BCUT2D eigenvalue weighted by atomic mass is 19.1. The summed E-state index contributed by atoms with van der Waals surface area (Å²) in [6.07, 6.45) is 6.83. The van der Waals surface area contributed by atoms with Gasteiger partial charge in [0.05, 0.1) is 11.1 Å². The van der Waals surface area contributed by atoms with Gasteiger partial charge >= 0.3 is 0 Å². The molecule has 8 heteroatoms. The van der Waals surface area contributed by atoms with Crippen molar-refractivity contribution in [1.29, 1.82) is 0 Å². The lowest BCUT2D eigenvalue weighted by Crippen LogP contribution is -2.26. The van der Waals surface area contributed by atoms with Gasteiger partial charge in [-0.3, -0.25) is 14.4 Å². The van der Waals surface area contributed by atoms with Crippen LogP contribution in [0.3, 0.4) is 0 Å². The Morgan fingerprint density at radius 3 is 2.73 bits per heavy atom. The number of carbonyl (C=O) groups excluding carboxylic acids is 3. The second kappa shape index (κ2) is 9.60. The van der Waals surface area contributed by atoms with Crippen molar-refractivity contribution in [1.82, 2.24) is 15.6 Å². The molecule has 2 heterocycles. The molecule has 1 aliphatic carbocycles. The number of H-pyrrole nitrogens is 1. The van der Waals surface area contributed by atoms with Crippen LogP contribution in [0.1, 0.15) is 71.4 Å². The Morgan fingerprint density at radius 2 is 1.97 bits per heavy atom. The lowest BCUT2D eigenvalue weighted by molar-refractivity contribution is -0.121. The number of amides is 3. The molecule has 0 radical (unpaired) electrons. The van der Waals surface area contributed by atoms with Crippen LogP contribution >= 0.6 is 0 Å². The largest absolute Gasteiger partial charge is 0.358 e. The first-order valence-corrected chi connectivity index (χ1v) is 11.4. The average molecular weight is 453 g/mol. The van der Waals surface area contributed by atoms with E-state index in [9.17, 15) is 18.8 Å². The van der Waals surface area contributed by atoms with Crippen LogP contribution in [0.2, 0.25) is 0 Å².